The summed E-state index contributed by atoms with van der Waals surface area (Å²) in [5.41, 5.74) is 0.735. The van der Waals surface area contributed by atoms with Crippen molar-refractivity contribution in [1.29, 1.82) is 0 Å². The number of carbonyl (C=O) groups is 1. The van der Waals surface area contributed by atoms with E-state index in [0.29, 0.717) is 37.7 Å². The Morgan fingerprint density at radius 2 is 1.76 bits per heavy atom. The zero-order chi connectivity index (χ0) is 21.0. The summed E-state index contributed by atoms with van der Waals surface area (Å²) >= 11 is 0. The van der Waals surface area contributed by atoms with Crippen LogP contribution in [-0.4, -0.2) is 53.5 Å². The molecule has 29 heavy (non-hydrogen) atoms. The van der Waals surface area contributed by atoms with Crippen LogP contribution in [0.4, 0.5) is 24.9 Å². The number of alkyl halides is 3. The third-order valence-electron chi connectivity index (χ3n) is 4.77. The van der Waals surface area contributed by atoms with Gasteiger partial charge in [-0.2, -0.15) is 18.2 Å². The van der Waals surface area contributed by atoms with Crippen LogP contribution in [0.5, 0.6) is 0 Å². The molecule has 0 radical (unpaired) electrons. The topological polar surface area (TPSA) is 61.4 Å². The van der Waals surface area contributed by atoms with Crippen molar-refractivity contribution in [2.24, 2.45) is 0 Å². The maximum absolute atomic E-state index is 12.6. The number of halogens is 3. The van der Waals surface area contributed by atoms with Crippen LogP contribution in [0, 0.1) is 6.92 Å². The summed E-state index contributed by atoms with van der Waals surface area (Å²) < 4.78 is 37.9. The molecule has 1 amide bonds. The fourth-order valence-corrected chi connectivity index (χ4v) is 3.23. The van der Waals surface area contributed by atoms with Gasteiger partial charge in [-0.15, -0.1) is 0 Å². The van der Waals surface area contributed by atoms with Gasteiger partial charge in [0, 0.05) is 44.5 Å². The molecule has 0 spiro atoms. The van der Waals surface area contributed by atoms with E-state index < -0.39 is 11.7 Å². The van der Waals surface area contributed by atoms with E-state index >= 15 is 0 Å². The second-order valence-electron chi connectivity index (χ2n) is 6.96. The molecule has 0 saturated carbocycles. The highest BCUT2D eigenvalue weighted by molar-refractivity contribution is 5.79. The third-order valence-corrected chi connectivity index (χ3v) is 4.77. The Labute approximate surface area is 167 Å². The molecular formula is C20H24F3N5O. The number of benzene rings is 1. The maximum atomic E-state index is 12.6. The van der Waals surface area contributed by atoms with E-state index in [9.17, 15) is 18.0 Å². The van der Waals surface area contributed by atoms with Crippen LogP contribution >= 0.6 is 0 Å². The van der Waals surface area contributed by atoms with Crippen LogP contribution < -0.4 is 10.2 Å². The number of rotatable bonds is 5. The average molecular weight is 407 g/mol. The van der Waals surface area contributed by atoms with Crippen molar-refractivity contribution in [2.45, 2.75) is 26.4 Å². The summed E-state index contributed by atoms with van der Waals surface area (Å²) in [6.45, 7) is 6.98. The minimum absolute atomic E-state index is 0.0865. The van der Waals surface area contributed by atoms with Gasteiger partial charge in [0.25, 0.3) is 0 Å². The van der Waals surface area contributed by atoms with Crippen molar-refractivity contribution in [3.63, 3.8) is 0 Å². The molecule has 6 nitrogen and oxygen atoms in total. The number of amides is 1. The lowest BCUT2D eigenvalue weighted by Crippen LogP contribution is -2.49. The highest BCUT2D eigenvalue weighted by Crippen LogP contribution is 2.29. The largest absolute Gasteiger partial charge is 0.416 e. The number of hydrogen-bond acceptors (Lipinski definition) is 5. The lowest BCUT2D eigenvalue weighted by Gasteiger charge is -2.35. The van der Waals surface area contributed by atoms with E-state index in [-0.39, 0.29) is 12.3 Å². The quantitative estimate of drug-likeness (QED) is 0.825. The molecule has 1 aliphatic heterocycles. The lowest BCUT2D eigenvalue weighted by atomic mass is 10.1. The van der Waals surface area contributed by atoms with Gasteiger partial charge in [-0.3, -0.25) is 4.79 Å². The minimum atomic E-state index is -4.37. The predicted molar refractivity (Wildman–Crippen MR) is 105 cm³/mol. The van der Waals surface area contributed by atoms with Crippen molar-refractivity contribution in [3.05, 3.63) is 47.2 Å². The Balaban J connectivity index is 1.57. The minimum Gasteiger partial charge on any atom is -0.354 e. The normalized spacial score (nSPS) is 14.8. The number of aromatic nitrogens is 2. The molecule has 1 N–H and O–H groups in total. The van der Waals surface area contributed by atoms with Gasteiger partial charge < -0.3 is 15.1 Å². The zero-order valence-corrected chi connectivity index (χ0v) is 16.5. The molecule has 9 heteroatoms. The molecule has 1 saturated heterocycles. The van der Waals surface area contributed by atoms with Crippen molar-refractivity contribution < 1.29 is 18.0 Å². The van der Waals surface area contributed by atoms with Crippen LogP contribution in [-0.2, 0) is 17.4 Å². The Kier molecular flexibility index (Phi) is 6.24. The lowest BCUT2D eigenvalue weighted by molar-refractivity contribution is -0.137. The summed E-state index contributed by atoms with van der Waals surface area (Å²) in [5, 5.41) is 3.11. The van der Waals surface area contributed by atoms with Gasteiger partial charge in [0.15, 0.2) is 0 Å². The number of piperazine rings is 1. The maximum Gasteiger partial charge on any atom is 0.416 e. The number of nitrogens with zero attached hydrogens (tertiary/aromatic N) is 4. The predicted octanol–water partition coefficient (Wildman–Crippen LogP) is 3.13. The number of aryl methyl sites for hydroxylation is 1. The molecule has 1 aliphatic rings. The summed E-state index contributed by atoms with van der Waals surface area (Å²) in [7, 11) is 0. The van der Waals surface area contributed by atoms with E-state index in [2.05, 4.69) is 20.2 Å². The van der Waals surface area contributed by atoms with Gasteiger partial charge in [0.1, 0.15) is 5.82 Å². The summed E-state index contributed by atoms with van der Waals surface area (Å²) in [5.74, 6) is 1.32. The molecule has 1 fully saturated rings. The van der Waals surface area contributed by atoms with Crippen LogP contribution in [0.3, 0.4) is 0 Å². The first-order valence-corrected chi connectivity index (χ1v) is 9.54. The molecule has 3 rings (SSSR count). The molecule has 0 aliphatic carbocycles. The molecule has 1 aromatic carbocycles. The monoisotopic (exact) mass is 407 g/mol. The highest BCUT2D eigenvalue weighted by Gasteiger charge is 2.30. The first-order chi connectivity index (χ1) is 13.8. The molecule has 2 heterocycles. The molecule has 0 atom stereocenters. The molecule has 2 aromatic rings. The van der Waals surface area contributed by atoms with Crippen LogP contribution in [0.1, 0.15) is 23.7 Å². The summed E-state index contributed by atoms with van der Waals surface area (Å²) in [6.07, 6.45) is -4.28. The zero-order valence-electron chi connectivity index (χ0n) is 16.5. The van der Waals surface area contributed by atoms with Crippen molar-refractivity contribution in [3.8, 4) is 0 Å². The molecule has 1 aromatic heterocycles. The molecular weight excluding hydrogens is 383 g/mol. The number of carbonyl (C=O) groups excluding carboxylic acids is 1. The van der Waals surface area contributed by atoms with Gasteiger partial charge in [0.2, 0.25) is 11.9 Å². The standard InChI is InChI=1S/C20H24F3N5O/c1-3-24-19-25-14(2)12-17(26-19)27-8-10-28(11-9-27)18(29)13-15-4-6-16(7-5-15)20(21,22)23/h4-7,12H,3,8-11,13H2,1-2H3,(H,24,25,26). The Morgan fingerprint density at radius 3 is 2.34 bits per heavy atom. The van der Waals surface area contributed by atoms with Crippen LogP contribution in [0.15, 0.2) is 30.3 Å². The van der Waals surface area contributed by atoms with Crippen LogP contribution in [0.25, 0.3) is 0 Å². The Morgan fingerprint density at radius 1 is 1.10 bits per heavy atom. The van der Waals surface area contributed by atoms with E-state index in [1.807, 2.05) is 19.9 Å². The smallest absolute Gasteiger partial charge is 0.354 e. The summed E-state index contributed by atoms with van der Waals surface area (Å²) in [6, 6.07) is 6.67. The van der Waals surface area contributed by atoms with E-state index in [0.717, 1.165) is 30.2 Å². The van der Waals surface area contributed by atoms with Gasteiger partial charge in [0.05, 0.1) is 12.0 Å². The van der Waals surface area contributed by atoms with Crippen molar-refractivity contribution >= 4 is 17.7 Å². The van der Waals surface area contributed by atoms with Crippen molar-refractivity contribution in [2.75, 3.05) is 42.9 Å². The van der Waals surface area contributed by atoms with Gasteiger partial charge >= 0.3 is 6.18 Å². The Hall–Kier alpha value is -2.84. The number of anilines is 2. The molecule has 156 valence electrons. The first kappa shape index (κ1) is 20.9. The third kappa shape index (κ3) is 5.36. The van der Waals surface area contributed by atoms with E-state index in [1.165, 1.54) is 12.1 Å². The van der Waals surface area contributed by atoms with E-state index in [4.69, 9.17) is 0 Å². The van der Waals surface area contributed by atoms with E-state index in [1.54, 1.807) is 4.90 Å². The second kappa shape index (κ2) is 8.67. The molecule has 0 unspecified atom stereocenters. The van der Waals surface area contributed by atoms with Crippen LogP contribution in [0.2, 0.25) is 0 Å². The second-order valence-corrected chi connectivity index (χ2v) is 6.96. The molecule has 0 bridgehead atoms. The average Bonchev–Trinajstić information content (AvgIpc) is 2.67. The fourth-order valence-electron chi connectivity index (χ4n) is 3.23. The van der Waals surface area contributed by atoms with Gasteiger partial charge in [-0.25, -0.2) is 4.98 Å². The van der Waals surface area contributed by atoms with Crippen molar-refractivity contribution in [1.82, 2.24) is 14.9 Å². The summed E-state index contributed by atoms with van der Waals surface area (Å²) in [4.78, 5) is 25.3. The number of hydrogen-bond donors (Lipinski definition) is 1. The highest BCUT2D eigenvalue weighted by atomic mass is 19.4. The van der Waals surface area contributed by atoms with Gasteiger partial charge in [-0.05, 0) is 31.5 Å². The number of nitrogens with one attached hydrogen (secondary N) is 1. The van der Waals surface area contributed by atoms with Gasteiger partial charge in [-0.1, -0.05) is 12.1 Å². The Bertz CT molecular complexity index is 846. The SMILES string of the molecule is CCNc1nc(C)cc(N2CCN(C(=O)Cc3ccc(C(F)(F)F)cc3)CC2)n1. The first-order valence-electron chi connectivity index (χ1n) is 9.54. The fraction of sp³-hybridized carbons (Fsp3) is 0.450.